The second kappa shape index (κ2) is 5.28. The molecular formula is C7H10O7. The van der Waals surface area contributed by atoms with Crippen molar-refractivity contribution in [3.63, 3.8) is 0 Å². The van der Waals surface area contributed by atoms with Gasteiger partial charge in [-0.05, 0) is 0 Å². The number of carbonyl (C=O) groups is 2. The first kappa shape index (κ1) is 10.6. The first-order valence-corrected chi connectivity index (χ1v) is 3.96. The van der Waals surface area contributed by atoms with Crippen molar-refractivity contribution in [1.29, 1.82) is 0 Å². The molecule has 0 amide bonds. The molecule has 0 radical (unpaired) electrons. The Morgan fingerprint density at radius 3 is 2.00 bits per heavy atom. The molecule has 1 atom stereocenters. The average molecular weight is 206 g/mol. The van der Waals surface area contributed by atoms with E-state index in [0.717, 1.165) is 0 Å². The van der Waals surface area contributed by atoms with Crippen molar-refractivity contribution in [2.24, 2.45) is 0 Å². The van der Waals surface area contributed by atoms with Gasteiger partial charge in [-0.25, -0.2) is 9.59 Å². The largest absolute Gasteiger partial charge is 0.508 e. The summed E-state index contributed by atoms with van der Waals surface area (Å²) in [5.74, 6) is 0. The Hall–Kier alpha value is -1.50. The summed E-state index contributed by atoms with van der Waals surface area (Å²) in [6.07, 6.45) is -1.68. The van der Waals surface area contributed by atoms with Crippen LogP contribution < -0.4 is 0 Å². The number of hydrogen-bond donors (Lipinski definition) is 1. The van der Waals surface area contributed by atoms with E-state index >= 15 is 0 Å². The Labute approximate surface area is 79.5 Å². The lowest BCUT2D eigenvalue weighted by Crippen LogP contribution is -2.14. The van der Waals surface area contributed by atoms with Gasteiger partial charge in [0, 0.05) is 0 Å². The summed E-state index contributed by atoms with van der Waals surface area (Å²) in [4.78, 5) is 19.9. The zero-order chi connectivity index (χ0) is 10.4. The number of carbonyl (C=O) groups excluding carboxylic acids is 2. The molecular weight excluding hydrogens is 196 g/mol. The first-order valence-electron chi connectivity index (χ1n) is 3.96. The van der Waals surface area contributed by atoms with Gasteiger partial charge in [0.05, 0.1) is 6.61 Å². The fraction of sp³-hybridized carbons (Fsp3) is 0.714. The fourth-order valence-electron chi connectivity index (χ4n) is 0.747. The first-order chi connectivity index (χ1) is 6.72. The smallest absolute Gasteiger partial charge is 0.431 e. The van der Waals surface area contributed by atoms with E-state index < -0.39 is 18.4 Å². The summed E-state index contributed by atoms with van der Waals surface area (Å²) in [7, 11) is 0. The lowest BCUT2D eigenvalue weighted by molar-refractivity contribution is 0.0919. The molecule has 0 aromatic rings. The van der Waals surface area contributed by atoms with Crippen LogP contribution in [0.2, 0.25) is 0 Å². The van der Waals surface area contributed by atoms with Gasteiger partial charge >= 0.3 is 12.3 Å². The van der Waals surface area contributed by atoms with Crippen molar-refractivity contribution in [1.82, 2.24) is 0 Å². The summed E-state index contributed by atoms with van der Waals surface area (Å²) < 4.78 is 17.3. The molecule has 2 aliphatic heterocycles. The summed E-state index contributed by atoms with van der Waals surface area (Å²) >= 11 is 0. The van der Waals surface area contributed by atoms with Crippen LogP contribution in [0.4, 0.5) is 9.59 Å². The van der Waals surface area contributed by atoms with Gasteiger partial charge in [0.25, 0.3) is 0 Å². The number of cyclic esters (lactones) is 4. The van der Waals surface area contributed by atoms with Crippen LogP contribution in [0.25, 0.3) is 0 Å². The van der Waals surface area contributed by atoms with E-state index in [0.29, 0.717) is 13.2 Å². The maximum Gasteiger partial charge on any atom is 0.508 e. The maximum absolute atomic E-state index is 10.1. The normalized spacial score (nSPS) is 23.9. The highest BCUT2D eigenvalue weighted by Gasteiger charge is 2.23. The van der Waals surface area contributed by atoms with Gasteiger partial charge in [-0.15, -0.1) is 0 Å². The van der Waals surface area contributed by atoms with Crippen LogP contribution in [-0.4, -0.2) is 49.9 Å². The number of rotatable bonds is 1. The molecule has 2 aliphatic rings. The Balaban J connectivity index is 0.000000146. The van der Waals surface area contributed by atoms with Crippen molar-refractivity contribution < 1.29 is 33.6 Å². The Morgan fingerprint density at radius 2 is 1.79 bits per heavy atom. The molecule has 0 spiro atoms. The van der Waals surface area contributed by atoms with Crippen molar-refractivity contribution in [2.75, 3.05) is 26.4 Å². The summed E-state index contributed by atoms with van der Waals surface area (Å²) in [6.45, 7) is 0.846. The molecule has 7 nitrogen and oxygen atoms in total. The van der Waals surface area contributed by atoms with E-state index in [9.17, 15) is 9.59 Å². The molecule has 1 unspecified atom stereocenters. The molecule has 7 heteroatoms. The van der Waals surface area contributed by atoms with Crippen LogP contribution >= 0.6 is 0 Å². The molecule has 2 saturated heterocycles. The highest BCUT2D eigenvalue weighted by atomic mass is 16.8. The second-order valence-electron chi connectivity index (χ2n) is 2.43. The van der Waals surface area contributed by atoms with Crippen LogP contribution in [0.1, 0.15) is 0 Å². The van der Waals surface area contributed by atoms with Gasteiger partial charge in [-0.2, -0.15) is 0 Å². The lowest BCUT2D eigenvalue weighted by Gasteiger charge is -1.96. The van der Waals surface area contributed by atoms with E-state index in [1.54, 1.807) is 0 Å². The summed E-state index contributed by atoms with van der Waals surface area (Å²) in [5.41, 5.74) is 0. The second-order valence-corrected chi connectivity index (χ2v) is 2.43. The molecule has 14 heavy (non-hydrogen) atoms. The lowest BCUT2D eigenvalue weighted by atomic mass is 10.4. The summed E-state index contributed by atoms with van der Waals surface area (Å²) in [5, 5.41) is 8.33. The van der Waals surface area contributed by atoms with Gasteiger partial charge in [-0.3, -0.25) is 0 Å². The van der Waals surface area contributed by atoms with E-state index in [-0.39, 0.29) is 13.2 Å². The minimum atomic E-state index is -0.691. The molecule has 0 aliphatic carbocycles. The molecule has 1 N–H and O–H groups in total. The highest BCUT2D eigenvalue weighted by Crippen LogP contribution is 2.03. The van der Waals surface area contributed by atoms with E-state index in [4.69, 9.17) is 5.11 Å². The van der Waals surface area contributed by atoms with Crippen LogP contribution in [0.3, 0.4) is 0 Å². The van der Waals surface area contributed by atoms with Crippen LogP contribution in [-0.2, 0) is 18.9 Å². The van der Waals surface area contributed by atoms with E-state index in [1.165, 1.54) is 0 Å². The molecule has 0 aromatic heterocycles. The maximum atomic E-state index is 10.1. The van der Waals surface area contributed by atoms with Gasteiger partial charge in [0.15, 0.2) is 6.10 Å². The third-order valence-electron chi connectivity index (χ3n) is 1.38. The third kappa shape index (κ3) is 3.48. The minimum absolute atomic E-state index is 0.161. The van der Waals surface area contributed by atoms with Crippen LogP contribution in [0.15, 0.2) is 0 Å². The van der Waals surface area contributed by atoms with Gasteiger partial charge < -0.3 is 24.1 Å². The molecule has 0 saturated carbocycles. The van der Waals surface area contributed by atoms with Gasteiger partial charge in [0.1, 0.15) is 19.8 Å². The molecule has 2 rings (SSSR count). The van der Waals surface area contributed by atoms with Crippen molar-refractivity contribution in [3.8, 4) is 0 Å². The molecule has 2 heterocycles. The fourth-order valence-corrected chi connectivity index (χ4v) is 0.747. The predicted molar refractivity (Wildman–Crippen MR) is 40.6 cm³/mol. The standard InChI is InChI=1S/C4H6O4.C3H4O3/c5-1-3-2-7-4(6)8-3;4-3-5-1-2-6-3/h3,5H,1-2H2;1-2H2. The molecule has 0 aromatic carbocycles. The topological polar surface area (TPSA) is 91.3 Å². The number of aliphatic hydroxyl groups is 1. The zero-order valence-corrected chi connectivity index (χ0v) is 7.30. The molecule has 0 bridgehead atoms. The summed E-state index contributed by atoms with van der Waals surface area (Å²) in [6, 6.07) is 0. The van der Waals surface area contributed by atoms with E-state index in [1.807, 2.05) is 0 Å². The Kier molecular flexibility index (Phi) is 3.99. The van der Waals surface area contributed by atoms with E-state index in [2.05, 4.69) is 18.9 Å². The minimum Gasteiger partial charge on any atom is -0.431 e. The van der Waals surface area contributed by atoms with Crippen molar-refractivity contribution >= 4 is 12.3 Å². The third-order valence-corrected chi connectivity index (χ3v) is 1.38. The quantitative estimate of drug-likeness (QED) is 0.587. The number of aliphatic hydroxyl groups excluding tert-OH is 1. The molecule has 80 valence electrons. The Bertz CT molecular complexity index is 206. The number of ether oxygens (including phenoxy) is 4. The SMILES string of the molecule is O=C1OCC(CO)O1.O=C1OCCO1. The van der Waals surface area contributed by atoms with Crippen LogP contribution in [0, 0.1) is 0 Å². The van der Waals surface area contributed by atoms with Gasteiger partial charge in [-0.1, -0.05) is 0 Å². The Morgan fingerprint density at radius 1 is 1.14 bits per heavy atom. The zero-order valence-electron chi connectivity index (χ0n) is 7.30. The van der Waals surface area contributed by atoms with Crippen molar-refractivity contribution in [3.05, 3.63) is 0 Å². The highest BCUT2D eigenvalue weighted by molar-refractivity contribution is 5.61. The monoisotopic (exact) mass is 206 g/mol. The predicted octanol–water partition coefficient (Wildman–Crippen LogP) is -0.333. The van der Waals surface area contributed by atoms with Crippen LogP contribution in [0.5, 0.6) is 0 Å². The number of hydrogen-bond acceptors (Lipinski definition) is 7. The van der Waals surface area contributed by atoms with Gasteiger partial charge in [0.2, 0.25) is 0 Å². The average Bonchev–Trinajstić information content (AvgIpc) is 2.77. The van der Waals surface area contributed by atoms with Crippen molar-refractivity contribution in [2.45, 2.75) is 6.10 Å². The molecule has 2 fully saturated rings.